The normalized spacial score (nSPS) is 16.1. The van der Waals surface area contributed by atoms with Gasteiger partial charge in [0, 0.05) is 19.1 Å². The number of likely N-dealkylation sites (tertiary alicyclic amines) is 1. The van der Waals surface area contributed by atoms with E-state index in [1.165, 1.54) is 60.8 Å². The summed E-state index contributed by atoms with van der Waals surface area (Å²) in [6, 6.07) is 19.1. The van der Waals surface area contributed by atoms with E-state index in [1.54, 1.807) is 0 Å². The van der Waals surface area contributed by atoms with E-state index >= 15 is 0 Å². The van der Waals surface area contributed by atoms with E-state index in [9.17, 15) is 5.11 Å². The van der Waals surface area contributed by atoms with Crippen molar-refractivity contribution < 1.29 is 5.11 Å². The smallest absolute Gasteiger partial charge is 0.0789 e. The highest BCUT2D eigenvalue weighted by Gasteiger charge is 2.21. The van der Waals surface area contributed by atoms with E-state index in [4.69, 9.17) is 5.73 Å². The molecule has 1 fully saturated rings. The van der Waals surface area contributed by atoms with Crippen molar-refractivity contribution in [2.45, 2.75) is 103 Å². The average molecular weight is 522 g/mol. The van der Waals surface area contributed by atoms with Gasteiger partial charge in [-0.15, -0.1) is 0 Å². The Labute approximate surface area is 233 Å². The number of aryl methyl sites for hydroxylation is 2. The second-order valence-corrected chi connectivity index (χ2v) is 12.3. The fourth-order valence-electron chi connectivity index (χ4n) is 5.67. The summed E-state index contributed by atoms with van der Waals surface area (Å²) in [6.07, 6.45) is 9.29. The molecule has 2 aromatic carbocycles. The largest absolute Gasteiger partial charge is 0.390 e. The van der Waals surface area contributed by atoms with Crippen molar-refractivity contribution >= 4 is 0 Å². The minimum atomic E-state index is -0.391. The van der Waals surface area contributed by atoms with Crippen molar-refractivity contribution in [1.29, 1.82) is 0 Å². The van der Waals surface area contributed by atoms with Crippen LogP contribution in [0.2, 0.25) is 0 Å². The van der Waals surface area contributed by atoms with Gasteiger partial charge in [-0.3, -0.25) is 0 Å². The monoisotopic (exact) mass is 521 g/mol. The van der Waals surface area contributed by atoms with Crippen LogP contribution in [0.4, 0.5) is 0 Å². The highest BCUT2D eigenvalue weighted by atomic mass is 16.3. The fraction of sp³-hybridized carbons (Fsp3) is 0.647. The first-order valence-corrected chi connectivity index (χ1v) is 15.4. The Balaban J connectivity index is 1.47. The summed E-state index contributed by atoms with van der Waals surface area (Å²) in [5.74, 6) is 1.92. The zero-order valence-electron chi connectivity index (χ0n) is 24.7. The quantitative estimate of drug-likeness (QED) is 0.244. The molecule has 4 heteroatoms. The molecule has 1 saturated heterocycles. The Kier molecular flexibility index (Phi) is 13.3. The highest BCUT2D eigenvalue weighted by molar-refractivity contribution is 5.25. The van der Waals surface area contributed by atoms with Gasteiger partial charge in [0.15, 0.2) is 0 Å². The number of aliphatic hydroxyl groups is 1. The lowest BCUT2D eigenvalue weighted by Gasteiger charge is -2.34. The molecule has 0 aromatic heterocycles. The maximum Gasteiger partial charge on any atom is 0.0789 e. The Morgan fingerprint density at radius 2 is 1.29 bits per heavy atom. The van der Waals surface area contributed by atoms with Crippen molar-refractivity contribution in [2.24, 2.45) is 11.7 Å². The van der Waals surface area contributed by atoms with Crippen molar-refractivity contribution in [3.05, 3.63) is 70.8 Å². The van der Waals surface area contributed by atoms with E-state index in [2.05, 4.69) is 86.4 Å². The van der Waals surface area contributed by atoms with Gasteiger partial charge >= 0.3 is 0 Å². The molecule has 3 rings (SSSR count). The van der Waals surface area contributed by atoms with Crippen LogP contribution in [0.3, 0.4) is 0 Å². The van der Waals surface area contributed by atoms with Gasteiger partial charge in [-0.1, -0.05) is 76.2 Å². The van der Waals surface area contributed by atoms with Crippen LogP contribution < -0.4 is 11.1 Å². The van der Waals surface area contributed by atoms with Gasteiger partial charge in [0.05, 0.1) is 6.10 Å². The Morgan fingerprint density at radius 3 is 1.71 bits per heavy atom. The third-order valence-corrected chi connectivity index (χ3v) is 8.47. The average Bonchev–Trinajstić information content (AvgIpc) is 2.92. The van der Waals surface area contributed by atoms with Crippen LogP contribution in [-0.2, 0) is 12.8 Å². The summed E-state index contributed by atoms with van der Waals surface area (Å²) in [6.45, 7) is 13.4. The highest BCUT2D eigenvalue weighted by Crippen LogP contribution is 2.20. The van der Waals surface area contributed by atoms with Gasteiger partial charge in [0.1, 0.15) is 0 Å². The zero-order valence-corrected chi connectivity index (χ0v) is 24.7. The van der Waals surface area contributed by atoms with Gasteiger partial charge in [-0.25, -0.2) is 0 Å². The predicted molar refractivity (Wildman–Crippen MR) is 163 cm³/mol. The maximum absolute atomic E-state index is 9.88. The number of β-amino-alcohol motifs (C(OH)–C–C–N with tert-alkyl or cyclic N) is 1. The summed E-state index contributed by atoms with van der Waals surface area (Å²) in [7, 11) is 0. The van der Waals surface area contributed by atoms with Crippen molar-refractivity contribution in [3.8, 4) is 0 Å². The van der Waals surface area contributed by atoms with Crippen LogP contribution in [0.1, 0.15) is 100 Å². The lowest BCUT2D eigenvalue weighted by Crippen LogP contribution is -2.43. The molecule has 4 N–H and O–H groups in total. The summed E-state index contributed by atoms with van der Waals surface area (Å²) in [5, 5.41) is 13.9. The Morgan fingerprint density at radius 1 is 0.816 bits per heavy atom. The number of hydrogen-bond donors (Lipinski definition) is 3. The van der Waals surface area contributed by atoms with Crippen LogP contribution in [0, 0.1) is 5.92 Å². The third-order valence-electron chi connectivity index (χ3n) is 8.47. The molecule has 0 saturated carbocycles. The lowest BCUT2D eigenvalue weighted by molar-refractivity contribution is 0.0933. The second kappa shape index (κ2) is 16.4. The van der Waals surface area contributed by atoms with Gasteiger partial charge in [0.2, 0.25) is 0 Å². The SMILES string of the molecule is CC(C)c1ccc(CCCC(CCCc2ccc(C(C)C)cc2)NCC2CCN(CC(O)CN)CC2)cc1. The van der Waals surface area contributed by atoms with Gasteiger partial charge in [0.25, 0.3) is 0 Å². The van der Waals surface area contributed by atoms with Gasteiger partial charge in [-0.05, 0) is 111 Å². The van der Waals surface area contributed by atoms with E-state index in [0.717, 1.165) is 44.9 Å². The fourth-order valence-corrected chi connectivity index (χ4v) is 5.67. The molecule has 4 nitrogen and oxygen atoms in total. The molecule has 0 aliphatic carbocycles. The molecule has 0 bridgehead atoms. The molecule has 2 aromatic rings. The number of benzene rings is 2. The van der Waals surface area contributed by atoms with Crippen LogP contribution in [-0.4, -0.2) is 54.9 Å². The molecule has 1 unspecified atom stereocenters. The molecule has 1 aliphatic heterocycles. The van der Waals surface area contributed by atoms with Crippen molar-refractivity contribution in [2.75, 3.05) is 32.7 Å². The van der Waals surface area contributed by atoms with E-state index in [0.29, 0.717) is 24.4 Å². The molecule has 1 aliphatic rings. The Bertz CT molecular complexity index is 827. The molecule has 212 valence electrons. The molecular formula is C34H55N3O. The molecule has 0 amide bonds. The van der Waals surface area contributed by atoms with E-state index < -0.39 is 6.10 Å². The van der Waals surface area contributed by atoms with Gasteiger partial charge < -0.3 is 21.1 Å². The molecular weight excluding hydrogens is 466 g/mol. The molecule has 1 heterocycles. The predicted octanol–water partition coefficient (Wildman–Crippen LogP) is 6.27. The summed E-state index contributed by atoms with van der Waals surface area (Å²) >= 11 is 0. The summed E-state index contributed by atoms with van der Waals surface area (Å²) < 4.78 is 0. The number of nitrogens with two attached hydrogens (primary N) is 1. The number of nitrogens with zero attached hydrogens (tertiary/aromatic N) is 1. The third kappa shape index (κ3) is 10.8. The Hall–Kier alpha value is -1.72. The number of hydrogen-bond acceptors (Lipinski definition) is 4. The van der Waals surface area contributed by atoms with Crippen molar-refractivity contribution in [3.63, 3.8) is 0 Å². The van der Waals surface area contributed by atoms with Crippen LogP contribution in [0.5, 0.6) is 0 Å². The zero-order chi connectivity index (χ0) is 27.3. The topological polar surface area (TPSA) is 61.5 Å². The first kappa shape index (κ1) is 30.8. The van der Waals surface area contributed by atoms with E-state index in [1.807, 2.05) is 0 Å². The summed E-state index contributed by atoms with van der Waals surface area (Å²) in [5.41, 5.74) is 11.4. The number of rotatable bonds is 16. The first-order chi connectivity index (χ1) is 18.3. The van der Waals surface area contributed by atoms with Gasteiger partial charge in [-0.2, -0.15) is 0 Å². The van der Waals surface area contributed by atoms with Crippen LogP contribution in [0.15, 0.2) is 48.5 Å². The van der Waals surface area contributed by atoms with Crippen LogP contribution >= 0.6 is 0 Å². The molecule has 38 heavy (non-hydrogen) atoms. The minimum Gasteiger partial charge on any atom is -0.390 e. The molecule has 0 radical (unpaired) electrons. The summed E-state index contributed by atoms with van der Waals surface area (Å²) in [4.78, 5) is 2.38. The van der Waals surface area contributed by atoms with Crippen molar-refractivity contribution in [1.82, 2.24) is 10.2 Å². The standard InChI is InChI=1S/C34H55N3O/c1-26(2)31-15-11-28(12-16-31)7-5-9-33(10-6-8-29-13-17-32(18-14-29)27(3)4)36-24-30-19-21-37(22-20-30)25-34(38)23-35/h11-18,26-27,30,33-34,36,38H,5-10,19-25,35H2,1-4H3. The first-order valence-electron chi connectivity index (χ1n) is 15.4. The van der Waals surface area contributed by atoms with E-state index in [-0.39, 0.29) is 0 Å². The molecule has 1 atom stereocenters. The maximum atomic E-state index is 9.88. The van der Waals surface area contributed by atoms with Crippen LogP contribution in [0.25, 0.3) is 0 Å². The minimum absolute atomic E-state index is 0.354. The lowest BCUT2D eigenvalue weighted by atomic mass is 9.94. The number of piperidine rings is 1. The molecule has 0 spiro atoms. The number of aliphatic hydroxyl groups excluding tert-OH is 1. The number of nitrogens with one attached hydrogen (secondary N) is 1. The second-order valence-electron chi connectivity index (χ2n) is 12.3.